The van der Waals surface area contributed by atoms with Crippen LogP contribution in [-0.2, 0) is 9.53 Å². The Kier molecular flexibility index (Phi) is 12.2. The van der Waals surface area contributed by atoms with Crippen LogP contribution in [0.25, 0.3) is 0 Å². The number of esters is 1. The van der Waals surface area contributed by atoms with Crippen LogP contribution < -0.4 is 0 Å². The smallest absolute Gasteiger partial charge is 0.330 e. The van der Waals surface area contributed by atoms with Crippen molar-refractivity contribution in [1.82, 2.24) is 0 Å². The number of carbonyl (C=O) groups excluding carboxylic acids is 1. The zero-order chi connectivity index (χ0) is 12.8. The van der Waals surface area contributed by atoms with E-state index in [1.807, 2.05) is 13.0 Å². The Hall–Kier alpha value is -1.05. The first-order valence-corrected chi connectivity index (χ1v) is 6.81. The number of allylic oxidation sites excluding steroid dienone is 3. The van der Waals surface area contributed by atoms with Gasteiger partial charge in [-0.1, -0.05) is 57.8 Å². The van der Waals surface area contributed by atoms with Crippen LogP contribution in [0.2, 0.25) is 0 Å². The molecule has 0 spiro atoms. The Balaban J connectivity index is 3.39. The molecule has 0 N–H and O–H groups in total. The Morgan fingerprint density at radius 3 is 2.47 bits per heavy atom. The lowest BCUT2D eigenvalue weighted by Crippen LogP contribution is -2.00. The summed E-state index contributed by atoms with van der Waals surface area (Å²) in [5.41, 5.74) is 0. The lowest BCUT2D eigenvalue weighted by Gasteiger charge is -1.96. The van der Waals surface area contributed by atoms with E-state index in [4.69, 9.17) is 4.74 Å². The molecule has 0 aromatic heterocycles. The topological polar surface area (TPSA) is 26.3 Å². The summed E-state index contributed by atoms with van der Waals surface area (Å²) in [5.74, 6) is -0.251. The van der Waals surface area contributed by atoms with Crippen molar-refractivity contribution in [3.63, 3.8) is 0 Å². The summed E-state index contributed by atoms with van der Waals surface area (Å²) in [6, 6.07) is 0. The highest BCUT2D eigenvalue weighted by Crippen LogP contribution is 2.05. The van der Waals surface area contributed by atoms with Crippen molar-refractivity contribution >= 4 is 5.97 Å². The summed E-state index contributed by atoms with van der Waals surface area (Å²) in [7, 11) is 0. The normalized spacial score (nSPS) is 11.4. The largest absolute Gasteiger partial charge is 0.463 e. The lowest BCUT2D eigenvalue weighted by atomic mass is 10.1. The van der Waals surface area contributed by atoms with Gasteiger partial charge in [0.1, 0.15) is 0 Å². The highest BCUT2D eigenvalue weighted by molar-refractivity contribution is 5.82. The molecule has 0 heterocycles. The molecule has 0 aliphatic heterocycles. The minimum absolute atomic E-state index is 0.251. The second-order valence-electron chi connectivity index (χ2n) is 4.16. The Labute approximate surface area is 106 Å². The molecule has 0 radical (unpaired) electrons. The summed E-state index contributed by atoms with van der Waals surface area (Å²) in [6.45, 7) is 4.71. The van der Waals surface area contributed by atoms with E-state index in [1.54, 1.807) is 6.08 Å². The van der Waals surface area contributed by atoms with Crippen molar-refractivity contribution in [2.75, 3.05) is 6.61 Å². The maximum Gasteiger partial charge on any atom is 0.330 e. The van der Waals surface area contributed by atoms with Gasteiger partial charge in [-0.2, -0.15) is 0 Å². The average molecular weight is 238 g/mol. The third kappa shape index (κ3) is 12.9. The summed E-state index contributed by atoms with van der Waals surface area (Å²) in [5, 5.41) is 0. The molecule has 0 aliphatic rings. The molecule has 0 fully saturated rings. The standard InChI is InChI=1S/C15H26O2/c1-3-5-6-7-8-9-10-11-12-13-15(16)17-14-4-2/h10-13H,3-9,14H2,1-2H3. The highest BCUT2D eigenvalue weighted by Gasteiger charge is 1.92. The van der Waals surface area contributed by atoms with Gasteiger partial charge in [-0.25, -0.2) is 4.79 Å². The van der Waals surface area contributed by atoms with Crippen molar-refractivity contribution in [1.29, 1.82) is 0 Å². The molecular weight excluding hydrogens is 212 g/mol. The van der Waals surface area contributed by atoms with Gasteiger partial charge in [0.25, 0.3) is 0 Å². The van der Waals surface area contributed by atoms with Gasteiger partial charge >= 0.3 is 5.97 Å². The second-order valence-corrected chi connectivity index (χ2v) is 4.16. The highest BCUT2D eigenvalue weighted by atomic mass is 16.5. The zero-order valence-corrected chi connectivity index (χ0v) is 11.3. The molecule has 0 bridgehead atoms. The Morgan fingerprint density at radius 1 is 1.00 bits per heavy atom. The second kappa shape index (κ2) is 13.0. The van der Waals surface area contributed by atoms with Crippen molar-refractivity contribution < 1.29 is 9.53 Å². The van der Waals surface area contributed by atoms with Crippen molar-refractivity contribution in [3.8, 4) is 0 Å². The van der Waals surface area contributed by atoms with Crippen LogP contribution in [0.15, 0.2) is 24.3 Å². The lowest BCUT2D eigenvalue weighted by molar-refractivity contribution is -0.137. The molecule has 0 saturated heterocycles. The minimum Gasteiger partial charge on any atom is -0.463 e. The molecule has 0 amide bonds. The first kappa shape index (κ1) is 16.0. The summed E-state index contributed by atoms with van der Waals surface area (Å²) >= 11 is 0. The van der Waals surface area contributed by atoms with Crippen LogP contribution in [0.1, 0.15) is 58.8 Å². The first-order valence-electron chi connectivity index (χ1n) is 6.81. The first-order chi connectivity index (χ1) is 8.31. The van der Waals surface area contributed by atoms with E-state index in [2.05, 4.69) is 13.0 Å². The van der Waals surface area contributed by atoms with Gasteiger partial charge in [-0.15, -0.1) is 0 Å². The molecule has 0 saturated carbocycles. The van der Waals surface area contributed by atoms with Gasteiger partial charge in [0.05, 0.1) is 6.61 Å². The van der Waals surface area contributed by atoms with Gasteiger partial charge in [0, 0.05) is 6.08 Å². The predicted molar refractivity (Wildman–Crippen MR) is 72.9 cm³/mol. The van der Waals surface area contributed by atoms with Gasteiger partial charge in [0.15, 0.2) is 0 Å². The predicted octanol–water partition coefficient (Wildman–Crippen LogP) is 4.41. The molecule has 2 nitrogen and oxygen atoms in total. The fourth-order valence-corrected chi connectivity index (χ4v) is 1.43. The van der Waals surface area contributed by atoms with E-state index in [0.29, 0.717) is 6.61 Å². The van der Waals surface area contributed by atoms with Crippen molar-refractivity contribution in [3.05, 3.63) is 24.3 Å². The molecule has 0 aliphatic carbocycles. The van der Waals surface area contributed by atoms with Gasteiger partial charge < -0.3 is 4.74 Å². The average Bonchev–Trinajstić information content (AvgIpc) is 2.34. The van der Waals surface area contributed by atoms with E-state index in [9.17, 15) is 4.79 Å². The van der Waals surface area contributed by atoms with E-state index >= 15 is 0 Å². The van der Waals surface area contributed by atoms with Crippen molar-refractivity contribution in [2.24, 2.45) is 0 Å². The van der Waals surface area contributed by atoms with Crippen LogP contribution in [0.3, 0.4) is 0 Å². The fraction of sp³-hybridized carbons (Fsp3) is 0.667. The zero-order valence-electron chi connectivity index (χ0n) is 11.3. The molecule has 0 aromatic carbocycles. The number of hydrogen-bond donors (Lipinski definition) is 0. The Morgan fingerprint density at radius 2 is 1.76 bits per heavy atom. The number of unbranched alkanes of at least 4 members (excludes halogenated alkanes) is 5. The summed E-state index contributed by atoms with van der Waals surface area (Å²) < 4.78 is 4.90. The quantitative estimate of drug-likeness (QED) is 0.244. The molecule has 0 aromatic rings. The van der Waals surface area contributed by atoms with E-state index in [1.165, 1.54) is 38.2 Å². The number of rotatable bonds is 10. The number of hydrogen-bond acceptors (Lipinski definition) is 2. The van der Waals surface area contributed by atoms with Gasteiger partial charge in [0.2, 0.25) is 0 Å². The molecule has 2 heteroatoms. The monoisotopic (exact) mass is 238 g/mol. The van der Waals surface area contributed by atoms with E-state index < -0.39 is 0 Å². The third-order valence-corrected chi connectivity index (χ3v) is 2.40. The summed E-state index contributed by atoms with van der Waals surface area (Å²) in [4.78, 5) is 11.1. The Bertz CT molecular complexity index is 229. The maximum absolute atomic E-state index is 11.1. The number of carbonyl (C=O) groups is 1. The molecular formula is C15H26O2. The van der Waals surface area contributed by atoms with Gasteiger partial charge in [-0.05, 0) is 19.3 Å². The van der Waals surface area contributed by atoms with E-state index in [0.717, 1.165) is 12.8 Å². The summed E-state index contributed by atoms with van der Waals surface area (Å²) in [6.07, 6.45) is 15.7. The third-order valence-electron chi connectivity index (χ3n) is 2.40. The van der Waals surface area contributed by atoms with Crippen LogP contribution >= 0.6 is 0 Å². The van der Waals surface area contributed by atoms with Crippen LogP contribution in [0, 0.1) is 0 Å². The van der Waals surface area contributed by atoms with Crippen LogP contribution in [0.5, 0.6) is 0 Å². The SMILES string of the molecule is CCCCCCCC=CC=CC(=O)OCCC. The molecule has 98 valence electrons. The number of ether oxygens (including phenoxy) is 1. The molecule has 0 unspecified atom stereocenters. The van der Waals surface area contributed by atoms with E-state index in [-0.39, 0.29) is 5.97 Å². The van der Waals surface area contributed by atoms with Crippen molar-refractivity contribution in [2.45, 2.75) is 58.8 Å². The fourth-order valence-electron chi connectivity index (χ4n) is 1.43. The van der Waals surface area contributed by atoms with Crippen LogP contribution in [-0.4, -0.2) is 12.6 Å². The minimum atomic E-state index is -0.251. The molecule has 0 rings (SSSR count). The molecule has 17 heavy (non-hydrogen) atoms. The maximum atomic E-state index is 11.1. The molecule has 0 atom stereocenters. The van der Waals surface area contributed by atoms with Gasteiger partial charge in [-0.3, -0.25) is 0 Å². The van der Waals surface area contributed by atoms with Crippen LogP contribution in [0.4, 0.5) is 0 Å².